The first kappa shape index (κ1) is 9.21. The molecule has 0 aliphatic rings. The van der Waals surface area contributed by atoms with Gasteiger partial charge in [0.1, 0.15) is 10.8 Å². The first-order chi connectivity index (χ1) is 6.79. The van der Waals surface area contributed by atoms with Crippen molar-refractivity contribution < 1.29 is 0 Å². The monoisotopic (exact) mass is 208 g/mol. The van der Waals surface area contributed by atoms with Crippen LogP contribution in [0, 0.1) is 0 Å². The average Bonchev–Trinajstić information content (AvgIpc) is 2.77. The van der Waals surface area contributed by atoms with E-state index in [1.54, 1.807) is 28.3 Å². The van der Waals surface area contributed by atoms with E-state index in [1.165, 1.54) is 4.88 Å². The van der Waals surface area contributed by atoms with Crippen LogP contribution in [-0.2, 0) is 13.0 Å². The van der Waals surface area contributed by atoms with Gasteiger partial charge in [0, 0.05) is 11.1 Å². The van der Waals surface area contributed by atoms with E-state index in [9.17, 15) is 0 Å². The molecule has 0 spiro atoms. The molecule has 0 aliphatic heterocycles. The van der Waals surface area contributed by atoms with Crippen molar-refractivity contribution in [3.8, 4) is 0 Å². The molecule has 0 aliphatic carbocycles. The second kappa shape index (κ2) is 3.79. The van der Waals surface area contributed by atoms with Crippen LogP contribution in [0.25, 0.3) is 0 Å². The number of rotatable bonds is 3. The quantitative estimate of drug-likeness (QED) is 0.832. The Morgan fingerprint density at radius 3 is 3.00 bits per heavy atom. The van der Waals surface area contributed by atoms with Crippen LogP contribution in [0.15, 0.2) is 18.5 Å². The highest BCUT2D eigenvalue weighted by molar-refractivity contribution is 7.11. The molecular weight excluding hydrogens is 196 g/mol. The summed E-state index contributed by atoms with van der Waals surface area (Å²) in [6, 6.07) is 1.79. The Morgan fingerprint density at radius 1 is 1.57 bits per heavy atom. The van der Waals surface area contributed by atoms with Crippen molar-refractivity contribution >= 4 is 17.2 Å². The van der Waals surface area contributed by atoms with Crippen molar-refractivity contribution in [3.05, 3.63) is 28.3 Å². The van der Waals surface area contributed by atoms with E-state index in [1.807, 2.05) is 6.20 Å². The highest BCUT2D eigenvalue weighted by Gasteiger charge is 2.03. The van der Waals surface area contributed by atoms with Crippen LogP contribution in [0.1, 0.15) is 16.8 Å². The number of hydrogen-bond donors (Lipinski definition) is 1. The zero-order valence-corrected chi connectivity index (χ0v) is 8.79. The SMILES string of the molecule is CCc1cnc(Cn2nccc2N)s1. The molecule has 2 rings (SSSR count). The van der Waals surface area contributed by atoms with E-state index >= 15 is 0 Å². The number of anilines is 1. The molecule has 2 aromatic heterocycles. The van der Waals surface area contributed by atoms with Crippen LogP contribution in [-0.4, -0.2) is 14.8 Å². The largest absolute Gasteiger partial charge is 0.384 e. The molecule has 0 bridgehead atoms. The Hall–Kier alpha value is -1.36. The number of nitrogens with zero attached hydrogens (tertiary/aromatic N) is 3. The van der Waals surface area contributed by atoms with Gasteiger partial charge in [0.2, 0.25) is 0 Å². The van der Waals surface area contributed by atoms with Crippen LogP contribution in [0.3, 0.4) is 0 Å². The molecule has 0 atom stereocenters. The minimum absolute atomic E-state index is 0.670. The van der Waals surface area contributed by atoms with Crippen molar-refractivity contribution in [2.75, 3.05) is 5.73 Å². The molecule has 14 heavy (non-hydrogen) atoms. The average molecular weight is 208 g/mol. The number of hydrogen-bond acceptors (Lipinski definition) is 4. The van der Waals surface area contributed by atoms with Crippen molar-refractivity contribution in [1.82, 2.24) is 14.8 Å². The molecule has 0 amide bonds. The van der Waals surface area contributed by atoms with Crippen molar-refractivity contribution in [1.29, 1.82) is 0 Å². The Kier molecular flexibility index (Phi) is 2.49. The van der Waals surface area contributed by atoms with Crippen molar-refractivity contribution in [2.45, 2.75) is 19.9 Å². The molecule has 0 saturated carbocycles. The van der Waals surface area contributed by atoms with Crippen molar-refractivity contribution in [3.63, 3.8) is 0 Å². The van der Waals surface area contributed by atoms with Gasteiger partial charge >= 0.3 is 0 Å². The van der Waals surface area contributed by atoms with E-state index in [0.29, 0.717) is 12.4 Å². The minimum Gasteiger partial charge on any atom is -0.384 e. The Balaban J connectivity index is 2.15. The smallest absolute Gasteiger partial charge is 0.122 e. The Bertz CT molecular complexity index is 418. The summed E-state index contributed by atoms with van der Waals surface area (Å²) in [5.41, 5.74) is 5.71. The molecule has 0 fully saturated rings. The van der Waals surface area contributed by atoms with Gasteiger partial charge in [-0.05, 0) is 12.5 Å². The van der Waals surface area contributed by atoms with E-state index in [0.717, 1.165) is 11.4 Å². The van der Waals surface area contributed by atoms with Crippen molar-refractivity contribution in [2.24, 2.45) is 0 Å². The summed E-state index contributed by atoms with van der Waals surface area (Å²) in [6.07, 6.45) is 4.65. The number of nitrogens with two attached hydrogens (primary N) is 1. The lowest BCUT2D eigenvalue weighted by Crippen LogP contribution is -2.04. The second-order valence-corrected chi connectivity index (χ2v) is 4.19. The second-order valence-electron chi connectivity index (χ2n) is 2.99. The molecule has 74 valence electrons. The lowest BCUT2D eigenvalue weighted by Gasteiger charge is -1.99. The van der Waals surface area contributed by atoms with Gasteiger partial charge in [0.15, 0.2) is 0 Å². The van der Waals surface area contributed by atoms with E-state index in [4.69, 9.17) is 5.73 Å². The predicted octanol–water partition coefficient (Wildman–Crippen LogP) is 1.53. The van der Waals surface area contributed by atoms with Crippen LogP contribution >= 0.6 is 11.3 Å². The highest BCUT2D eigenvalue weighted by Crippen LogP contribution is 2.15. The molecule has 0 saturated heterocycles. The van der Waals surface area contributed by atoms with Gasteiger partial charge in [0.25, 0.3) is 0 Å². The van der Waals surface area contributed by atoms with Gasteiger partial charge in [-0.15, -0.1) is 11.3 Å². The summed E-state index contributed by atoms with van der Waals surface area (Å²) in [5.74, 6) is 0.679. The molecule has 2 N–H and O–H groups in total. The molecule has 0 radical (unpaired) electrons. The normalized spacial score (nSPS) is 10.6. The Labute approximate surface area is 86.4 Å². The van der Waals surface area contributed by atoms with Gasteiger partial charge < -0.3 is 5.73 Å². The third-order valence-corrected chi connectivity index (χ3v) is 3.11. The maximum absolute atomic E-state index is 5.71. The third-order valence-electron chi connectivity index (χ3n) is 1.98. The summed E-state index contributed by atoms with van der Waals surface area (Å²) in [5, 5.41) is 5.16. The summed E-state index contributed by atoms with van der Waals surface area (Å²) < 4.78 is 1.75. The van der Waals surface area contributed by atoms with Gasteiger partial charge in [-0.2, -0.15) is 5.10 Å². The number of thiazole rings is 1. The summed E-state index contributed by atoms with van der Waals surface area (Å²) in [4.78, 5) is 5.60. The molecule has 0 aromatic carbocycles. The number of nitrogen functional groups attached to an aromatic ring is 1. The molecule has 2 heterocycles. The van der Waals surface area contributed by atoms with E-state index < -0.39 is 0 Å². The zero-order valence-electron chi connectivity index (χ0n) is 7.97. The highest BCUT2D eigenvalue weighted by atomic mass is 32.1. The van der Waals surface area contributed by atoms with E-state index in [-0.39, 0.29) is 0 Å². The summed E-state index contributed by atoms with van der Waals surface area (Å²) in [6.45, 7) is 2.79. The molecule has 2 aromatic rings. The molecular formula is C9H12N4S. The lowest BCUT2D eigenvalue weighted by atomic mass is 10.4. The fourth-order valence-electron chi connectivity index (χ4n) is 1.19. The standard InChI is InChI=1S/C9H12N4S/c1-2-7-5-11-9(14-7)6-13-8(10)3-4-12-13/h3-5H,2,6,10H2,1H3. The number of aryl methyl sites for hydroxylation is 1. The molecule has 5 heteroatoms. The minimum atomic E-state index is 0.670. The maximum atomic E-state index is 5.71. The van der Waals surface area contributed by atoms with Crippen LogP contribution < -0.4 is 5.73 Å². The fraction of sp³-hybridized carbons (Fsp3) is 0.333. The van der Waals surface area contributed by atoms with Crippen LogP contribution in [0.5, 0.6) is 0 Å². The lowest BCUT2D eigenvalue weighted by molar-refractivity contribution is 0.693. The van der Waals surface area contributed by atoms with Gasteiger partial charge in [-0.1, -0.05) is 6.92 Å². The van der Waals surface area contributed by atoms with E-state index in [2.05, 4.69) is 17.0 Å². The molecule has 0 unspecified atom stereocenters. The van der Waals surface area contributed by atoms with Gasteiger partial charge in [0.05, 0.1) is 12.7 Å². The topological polar surface area (TPSA) is 56.7 Å². The predicted molar refractivity (Wildman–Crippen MR) is 57.2 cm³/mol. The third kappa shape index (κ3) is 1.77. The first-order valence-electron chi connectivity index (χ1n) is 4.50. The van der Waals surface area contributed by atoms with Crippen LogP contribution in [0.4, 0.5) is 5.82 Å². The Morgan fingerprint density at radius 2 is 2.43 bits per heavy atom. The first-order valence-corrected chi connectivity index (χ1v) is 5.32. The van der Waals surface area contributed by atoms with Crippen LogP contribution in [0.2, 0.25) is 0 Å². The summed E-state index contributed by atoms with van der Waals surface area (Å²) >= 11 is 1.71. The fourth-order valence-corrected chi connectivity index (χ4v) is 2.03. The maximum Gasteiger partial charge on any atom is 0.122 e. The van der Waals surface area contributed by atoms with Gasteiger partial charge in [-0.3, -0.25) is 0 Å². The molecule has 4 nitrogen and oxygen atoms in total. The zero-order chi connectivity index (χ0) is 9.97. The number of aromatic nitrogens is 3. The summed E-state index contributed by atoms with van der Waals surface area (Å²) in [7, 11) is 0. The van der Waals surface area contributed by atoms with Gasteiger partial charge in [-0.25, -0.2) is 9.67 Å².